The van der Waals surface area contributed by atoms with Crippen molar-refractivity contribution in [3.05, 3.63) is 62.6 Å². The lowest BCUT2D eigenvalue weighted by Gasteiger charge is -2.13. The van der Waals surface area contributed by atoms with Gasteiger partial charge in [0.15, 0.2) is 28.9 Å². The molecule has 0 saturated heterocycles. The maximum atomic E-state index is 13.3. The second-order valence-corrected chi connectivity index (χ2v) is 6.38. The lowest BCUT2D eigenvalue weighted by molar-refractivity contribution is -0.146. The number of hydrogen-bond donors (Lipinski definition) is 0. The molecule has 1 atom stereocenters. The van der Waals surface area contributed by atoms with Gasteiger partial charge in [0.05, 0.1) is 6.33 Å². The van der Waals surface area contributed by atoms with Crippen molar-refractivity contribution in [1.29, 1.82) is 0 Å². The van der Waals surface area contributed by atoms with Crippen LogP contribution in [0.4, 0.5) is 8.78 Å². The number of fused-ring (bicyclic) bond motifs is 1. The Hall–Kier alpha value is -3.63. The van der Waals surface area contributed by atoms with E-state index in [1.165, 1.54) is 31.9 Å². The highest BCUT2D eigenvalue weighted by molar-refractivity contribution is 6.00. The van der Waals surface area contributed by atoms with Crippen LogP contribution in [0, 0.1) is 11.6 Å². The number of rotatable bonds is 5. The van der Waals surface area contributed by atoms with Gasteiger partial charge in [0.25, 0.3) is 5.56 Å². The zero-order valence-corrected chi connectivity index (χ0v) is 15.7. The molecule has 1 unspecified atom stereocenters. The minimum absolute atomic E-state index is 0.0196. The van der Waals surface area contributed by atoms with Crippen LogP contribution in [0.3, 0.4) is 0 Å². The van der Waals surface area contributed by atoms with Gasteiger partial charge in [-0.3, -0.25) is 23.5 Å². The third-order valence-corrected chi connectivity index (χ3v) is 4.40. The quantitative estimate of drug-likeness (QED) is 0.452. The molecule has 0 bridgehead atoms. The highest BCUT2D eigenvalue weighted by Gasteiger charge is 2.22. The largest absolute Gasteiger partial charge is 0.453 e. The van der Waals surface area contributed by atoms with Crippen LogP contribution in [0.25, 0.3) is 11.2 Å². The third kappa shape index (κ3) is 3.58. The molecule has 0 aliphatic heterocycles. The van der Waals surface area contributed by atoms with E-state index in [0.29, 0.717) is 0 Å². The summed E-state index contributed by atoms with van der Waals surface area (Å²) in [6.07, 6.45) is -0.0662. The summed E-state index contributed by atoms with van der Waals surface area (Å²) in [4.78, 5) is 52.8. The topological polar surface area (TPSA) is 105 Å². The summed E-state index contributed by atoms with van der Waals surface area (Å²) in [7, 11) is 2.73. The van der Waals surface area contributed by atoms with Crippen LogP contribution in [-0.4, -0.2) is 36.5 Å². The van der Waals surface area contributed by atoms with Crippen molar-refractivity contribution >= 4 is 22.9 Å². The molecule has 3 rings (SSSR count). The van der Waals surface area contributed by atoms with Crippen LogP contribution in [0.2, 0.25) is 0 Å². The predicted octanol–water partition coefficient (Wildman–Crippen LogP) is 0.526. The van der Waals surface area contributed by atoms with Crippen LogP contribution in [0.15, 0.2) is 34.1 Å². The Bertz CT molecular complexity index is 1260. The molecule has 2 aromatic heterocycles. The van der Waals surface area contributed by atoms with E-state index in [9.17, 15) is 28.0 Å². The molecule has 3 aromatic rings. The van der Waals surface area contributed by atoms with Crippen LogP contribution in [-0.2, 0) is 30.2 Å². The van der Waals surface area contributed by atoms with Crippen molar-refractivity contribution in [3.63, 3.8) is 0 Å². The Kier molecular flexibility index (Phi) is 5.14. The molecule has 29 heavy (non-hydrogen) atoms. The highest BCUT2D eigenvalue weighted by Crippen LogP contribution is 2.13. The van der Waals surface area contributed by atoms with Crippen LogP contribution in [0.1, 0.15) is 17.3 Å². The minimum atomic E-state index is -1.27. The van der Waals surface area contributed by atoms with Crippen LogP contribution in [0.5, 0.6) is 0 Å². The molecule has 0 fully saturated rings. The van der Waals surface area contributed by atoms with E-state index in [1.54, 1.807) is 0 Å². The van der Waals surface area contributed by atoms with E-state index in [-0.39, 0.29) is 16.7 Å². The SMILES string of the molecule is CC(OC(=O)Cn1cnc2c1c(=O)n(C)c(=O)n2C)C(=O)c1ccc(F)c(F)c1. The fourth-order valence-electron chi connectivity index (χ4n) is 2.83. The van der Waals surface area contributed by atoms with Crippen molar-refractivity contribution < 1.29 is 23.1 Å². The molecule has 2 heterocycles. The first-order chi connectivity index (χ1) is 13.6. The van der Waals surface area contributed by atoms with E-state index < -0.39 is 47.3 Å². The van der Waals surface area contributed by atoms with Gasteiger partial charge in [0.1, 0.15) is 6.54 Å². The zero-order chi connectivity index (χ0) is 21.5. The Morgan fingerprint density at radius 3 is 2.48 bits per heavy atom. The number of halogens is 2. The molecule has 9 nitrogen and oxygen atoms in total. The van der Waals surface area contributed by atoms with E-state index in [1.807, 2.05) is 0 Å². The summed E-state index contributed by atoms with van der Waals surface area (Å²) in [5, 5.41) is 0. The normalized spacial score (nSPS) is 12.2. The fraction of sp³-hybridized carbons (Fsp3) is 0.278. The van der Waals surface area contributed by atoms with Gasteiger partial charge < -0.3 is 9.30 Å². The number of Topliss-reactive ketones (excluding diaryl/α,β-unsaturated/α-hetero) is 1. The highest BCUT2D eigenvalue weighted by atomic mass is 19.2. The number of benzene rings is 1. The number of imidazole rings is 1. The van der Waals surface area contributed by atoms with Gasteiger partial charge >= 0.3 is 11.7 Å². The Labute approximate surface area is 161 Å². The van der Waals surface area contributed by atoms with Gasteiger partial charge in [0.2, 0.25) is 5.78 Å². The molecule has 0 aliphatic rings. The molecule has 0 radical (unpaired) electrons. The van der Waals surface area contributed by atoms with Gasteiger partial charge in [0, 0.05) is 19.7 Å². The average molecular weight is 406 g/mol. The van der Waals surface area contributed by atoms with Gasteiger partial charge in [-0.1, -0.05) is 0 Å². The third-order valence-electron chi connectivity index (χ3n) is 4.40. The van der Waals surface area contributed by atoms with E-state index in [0.717, 1.165) is 27.3 Å². The number of carbonyl (C=O) groups excluding carboxylic acids is 2. The van der Waals surface area contributed by atoms with E-state index in [2.05, 4.69) is 4.98 Å². The van der Waals surface area contributed by atoms with Crippen molar-refractivity contribution in [1.82, 2.24) is 18.7 Å². The summed E-state index contributed by atoms with van der Waals surface area (Å²) >= 11 is 0. The number of aromatic nitrogens is 4. The smallest absolute Gasteiger partial charge is 0.332 e. The molecule has 0 aliphatic carbocycles. The summed E-state index contributed by atoms with van der Waals surface area (Å²) in [5.74, 6) is -3.87. The number of ketones is 1. The average Bonchev–Trinajstić information content (AvgIpc) is 3.09. The van der Waals surface area contributed by atoms with Crippen LogP contribution >= 0.6 is 0 Å². The van der Waals surface area contributed by atoms with Crippen LogP contribution < -0.4 is 11.2 Å². The minimum Gasteiger partial charge on any atom is -0.453 e. The van der Waals surface area contributed by atoms with Crippen molar-refractivity contribution in [2.45, 2.75) is 19.6 Å². The molecular weight excluding hydrogens is 390 g/mol. The Morgan fingerprint density at radius 2 is 1.83 bits per heavy atom. The molecule has 1 aromatic carbocycles. The van der Waals surface area contributed by atoms with E-state index in [4.69, 9.17) is 4.74 Å². The maximum Gasteiger partial charge on any atom is 0.332 e. The maximum absolute atomic E-state index is 13.3. The van der Waals surface area contributed by atoms with Crippen molar-refractivity contribution in [3.8, 4) is 0 Å². The first-order valence-electron chi connectivity index (χ1n) is 8.41. The summed E-state index contributed by atoms with van der Waals surface area (Å²) in [6, 6.07) is 2.60. The lowest BCUT2D eigenvalue weighted by Crippen LogP contribution is -2.37. The number of aryl methyl sites for hydroxylation is 1. The second kappa shape index (κ2) is 7.41. The molecule has 152 valence electrons. The molecule has 0 N–H and O–H groups in total. The second-order valence-electron chi connectivity index (χ2n) is 6.38. The van der Waals surface area contributed by atoms with Gasteiger partial charge in [-0.25, -0.2) is 18.6 Å². The summed E-state index contributed by atoms with van der Waals surface area (Å²) in [5.41, 5.74) is -1.25. The van der Waals surface area contributed by atoms with Gasteiger partial charge in [-0.15, -0.1) is 0 Å². The monoisotopic (exact) mass is 406 g/mol. The number of carbonyl (C=O) groups is 2. The molecule has 0 saturated carbocycles. The number of hydrogen-bond acceptors (Lipinski definition) is 6. The Balaban J connectivity index is 1.80. The molecule has 0 spiro atoms. The predicted molar refractivity (Wildman–Crippen MR) is 96.5 cm³/mol. The lowest BCUT2D eigenvalue weighted by atomic mass is 10.1. The standard InChI is InChI=1S/C18H16F2N4O5/c1-9(15(26)10-4-5-11(19)12(20)6-10)29-13(25)7-24-8-21-16-14(24)17(27)23(3)18(28)22(16)2/h4-6,8-9H,7H2,1-3H3. The van der Waals surface area contributed by atoms with Crippen molar-refractivity contribution in [2.24, 2.45) is 14.1 Å². The van der Waals surface area contributed by atoms with Crippen molar-refractivity contribution in [2.75, 3.05) is 0 Å². The van der Waals surface area contributed by atoms with E-state index >= 15 is 0 Å². The first-order valence-corrected chi connectivity index (χ1v) is 8.41. The first kappa shape index (κ1) is 20.1. The summed E-state index contributed by atoms with van der Waals surface area (Å²) in [6.45, 7) is 0.843. The summed E-state index contributed by atoms with van der Waals surface area (Å²) < 4.78 is 34.6. The molecular formula is C18H16F2N4O5. The van der Waals surface area contributed by atoms with Gasteiger partial charge in [-0.05, 0) is 25.1 Å². The number of esters is 1. The Morgan fingerprint density at radius 1 is 1.14 bits per heavy atom. The molecule has 0 amide bonds. The number of nitrogens with zero attached hydrogens (tertiary/aromatic N) is 4. The number of ether oxygens (including phenoxy) is 1. The van der Waals surface area contributed by atoms with Gasteiger partial charge in [-0.2, -0.15) is 0 Å². The fourth-order valence-corrected chi connectivity index (χ4v) is 2.83. The molecule has 11 heteroatoms. The zero-order valence-electron chi connectivity index (χ0n) is 15.7.